The van der Waals surface area contributed by atoms with Crippen molar-refractivity contribution in [3.8, 4) is 0 Å². The SMILES string of the molecule is CSC1CCCCC1NC(=O)c1ncccc1C(=O)O. The number of amides is 1. The predicted octanol–water partition coefficient (Wildman–Crippen LogP) is 2.18. The highest BCUT2D eigenvalue weighted by atomic mass is 32.2. The number of carbonyl (C=O) groups excluding carboxylic acids is 1. The minimum absolute atomic E-state index is 0.00886. The zero-order valence-electron chi connectivity index (χ0n) is 11.3. The second kappa shape index (κ2) is 6.74. The molecule has 5 nitrogen and oxygen atoms in total. The van der Waals surface area contributed by atoms with E-state index in [0.717, 1.165) is 19.3 Å². The highest BCUT2D eigenvalue weighted by molar-refractivity contribution is 7.99. The molecule has 2 rings (SSSR count). The number of carboxylic acid groups (broad SMARTS) is 1. The zero-order chi connectivity index (χ0) is 14.5. The van der Waals surface area contributed by atoms with Gasteiger partial charge in [-0.25, -0.2) is 4.79 Å². The van der Waals surface area contributed by atoms with Crippen molar-refractivity contribution in [3.05, 3.63) is 29.6 Å². The Balaban J connectivity index is 2.13. The summed E-state index contributed by atoms with van der Waals surface area (Å²) < 4.78 is 0. The van der Waals surface area contributed by atoms with Crippen molar-refractivity contribution in [1.82, 2.24) is 10.3 Å². The Morgan fingerprint density at radius 1 is 1.40 bits per heavy atom. The monoisotopic (exact) mass is 294 g/mol. The summed E-state index contributed by atoms with van der Waals surface area (Å²) in [5, 5.41) is 12.4. The second-order valence-corrected chi connectivity index (χ2v) is 5.92. The average Bonchev–Trinajstić information content (AvgIpc) is 2.47. The summed E-state index contributed by atoms with van der Waals surface area (Å²) in [5.74, 6) is -1.53. The molecule has 1 aromatic heterocycles. The van der Waals surface area contributed by atoms with E-state index in [0.29, 0.717) is 5.25 Å². The standard InChI is InChI=1S/C14H18N2O3S/c1-20-11-7-3-2-6-10(11)16-13(17)12-9(14(18)19)5-4-8-15-12/h4-5,8,10-11H,2-3,6-7H2,1H3,(H,16,17)(H,18,19). The van der Waals surface area contributed by atoms with Gasteiger partial charge in [0, 0.05) is 17.5 Å². The summed E-state index contributed by atoms with van der Waals surface area (Å²) >= 11 is 1.75. The maximum Gasteiger partial charge on any atom is 0.338 e. The highest BCUT2D eigenvalue weighted by Gasteiger charge is 2.27. The summed E-state index contributed by atoms with van der Waals surface area (Å²) in [7, 11) is 0. The number of carboxylic acids is 1. The number of carbonyl (C=O) groups is 2. The van der Waals surface area contributed by atoms with Crippen molar-refractivity contribution in [3.63, 3.8) is 0 Å². The van der Waals surface area contributed by atoms with E-state index in [9.17, 15) is 9.59 Å². The molecule has 0 saturated heterocycles. The molecule has 0 bridgehead atoms. The number of nitrogens with one attached hydrogen (secondary N) is 1. The molecule has 1 amide bonds. The molecule has 1 fully saturated rings. The van der Waals surface area contributed by atoms with Crippen LogP contribution in [0.2, 0.25) is 0 Å². The van der Waals surface area contributed by atoms with Crippen LogP contribution in [0, 0.1) is 0 Å². The molecule has 1 aliphatic carbocycles. The Labute approximate surface area is 122 Å². The van der Waals surface area contributed by atoms with Gasteiger partial charge in [0.2, 0.25) is 0 Å². The minimum Gasteiger partial charge on any atom is -0.478 e. The number of pyridine rings is 1. The minimum atomic E-state index is -1.13. The first kappa shape index (κ1) is 14.8. The van der Waals surface area contributed by atoms with Gasteiger partial charge < -0.3 is 10.4 Å². The van der Waals surface area contributed by atoms with Crippen LogP contribution in [0.5, 0.6) is 0 Å². The van der Waals surface area contributed by atoms with Crippen LogP contribution in [-0.2, 0) is 0 Å². The fraction of sp³-hybridized carbons (Fsp3) is 0.500. The van der Waals surface area contributed by atoms with E-state index in [2.05, 4.69) is 10.3 Å². The molecular weight excluding hydrogens is 276 g/mol. The summed E-state index contributed by atoms with van der Waals surface area (Å²) in [6.45, 7) is 0. The third-order valence-electron chi connectivity index (χ3n) is 3.57. The van der Waals surface area contributed by atoms with E-state index in [1.165, 1.54) is 24.8 Å². The fourth-order valence-corrected chi connectivity index (χ4v) is 3.47. The van der Waals surface area contributed by atoms with E-state index in [4.69, 9.17) is 5.11 Å². The van der Waals surface area contributed by atoms with Crippen molar-refractivity contribution in [2.45, 2.75) is 37.0 Å². The number of hydrogen-bond donors (Lipinski definition) is 2. The molecule has 2 atom stereocenters. The van der Waals surface area contributed by atoms with E-state index < -0.39 is 11.9 Å². The Morgan fingerprint density at radius 2 is 2.15 bits per heavy atom. The number of rotatable bonds is 4. The maximum absolute atomic E-state index is 12.3. The Morgan fingerprint density at radius 3 is 2.85 bits per heavy atom. The smallest absolute Gasteiger partial charge is 0.338 e. The van der Waals surface area contributed by atoms with Crippen molar-refractivity contribution >= 4 is 23.6 Å². The predicted molar refractivity (Wildman–Crippen MR) is 78.2 cm³/mol. The normalized spacial score (nSPS) is 22.2. The van der Waals surface area contributed by atoms with Crippen molar-refractivity contribution < 1.29 is 14.7 Å². The topological polar surface area (TPSA) is 79.3 Å². The molecule has 108 valence electrons. The molecule has 2 unspecified atom stereocenters. The van der Waals surface area contributed by atoms with Gasteiger partial charge in [-0.05, 0) is 31.2 Å². The molecule has 0 aliphatic heterocycles. The summed E-state index contributed by atoms with van der Waals surface area (Å²) in [6, 6.07) is 3.01. The van der Waals surface area contributed by atoms with Crippen LogP contribution in [-0.4, -0.2) is 39.5 Å². The average molecular weight is 294 g/mol. The lowest BCUT2D eigenvalue weighted by molar-refractivity contribution is 0.0689. The van der Waals surface area contributed by atoms with E-state index >= 15 is 0 Å². The summed E-state index contributed by atoms with van der Waals surface area (Å²) in [6.07, 6.45) is 7.78. The first-order valence-electron chi connectivity index (χ1n) is 6.65. The fourth-order valence-electron chi connectivity index (χ4n) is 2.54. The zero-order valence-corrected chi connectivity index (χ0v) is 12.2. The molecule has 2 N–H and O–H groups in total. The van der Waals surface area contributed by atoms with Gasteiger partial charge >= 0.3 is 5.97 Å². The van der Waals surface area contributed by atoms with Gasteiger partial charge in [0.25, 0.3) is 5.91 Å². The van der Waals surface area contributed by atoms with Gasteiger partial charge in [0.05, 0.1) is 5.56 Å². The van der Waals surface area contributed by atoms with Gasteiger partial charge in [-0.1, -0.05) is 12.8 Å². The number of hydrogen-bond acceptors (Lipinski definition) is 4. The van der Waals surface area contributed by atoms with Crippen LogP contribution in [0.4, 0.5) is 0 Å². The molecule has 1 aromatic rings. The molecule has 0 spiro atoms. The molecular formula is C14H18N2O3S. The molecule has 0 aromatic carbocycles. The van der Waals surface area contributed by atoms with Crippen LogP contribution < -0.4 is 5.32 Å². The number of aromatic nitrogens is 1. The lowest BCUT2D eigenvalue weighted by Crippen LogP contribution is -2.44. The number of nitrogens with zero attached hydrogens (tertiary/aromatic N) is 1. The largest absolute Gasteiger partial charge is 0.478 e. The molecule has 6 heteroatoms. The number of aromatic carboxylic acids is 1. The van der Waals surface area contributed by atoms with E-state index in [-0.39, 0.29) is 17.3 Å². The highest BCUT2D eigenvalue weighted by Crippen LogP contribution is 2.27. The summed E-state index contributed by atoms with van der Waals surface area (Å²) in [5.41, 5.74) is -0.0630. The lowest BCUT2D eigenvalue weighted by Gasteiger charge is -2.30. The second-order valence-electron chi connectivity index (χ2n) is 4.84. The van der Waals surface area contributed by atoms with Crippen LogP contribution in [0.3, 0.4) is 0 Å². The Bertz CT molecular complexity index is 507. The Kier molecular flexibility index (Phi) is 5.00. The molecule has 0 radical (unpaired) electrons. The lowest BCUT2D eigenvalue weighted by atomic mass is 9.94. The maximum atomic E-state index is 12.3. The third-order valence-corrected chi connectivity index (χ3v) is 4.74. The van der Waals surface area contributed by atoms with Crippen LogP contribution >= 0.6 is 11.8 Å². The molecule has 20 heavy (non-hydrogen) atoms. The molecule has 1 saturated carbocycles. The van der Waals surface area contributed by atoms with Crippen LogP contribution in [0.1, 0.15) is 46.5 Å². The van der Waals surface area contributed by atoms with Gasteiger partial charge in [0.15, 0.2) is 0 Å². The van der Waals surface area contributed by atoms with E-state index in [1.807, 2.05) is 6.26 Å². The van der Waals surface area contributed by atoms with Crippen LogP contribution in [0.25, 0.3) is 0 Å². The Hall–Kier alpha value is -1.56. The molecule has 1 aliphatic rings. The van der Waals surface area contributed by atoms with Gasteiger partial charge in [-0.3, -0.25) is 9.78 Å². The first-order chi connectivity index (χ1) is 9.63. The molecule has 1 heterocycles. The van der Waals surface area contributed by atoms with Crippen molar-refractivity contribution in [2.24, 2.45) is 0 Å². The van der Waals surface area contributed by atoms with Crippen molar-refractivity contribution in [2.75, 3.05) is 6.26 Å². The third kappa shape index (κ3) is 3.30. The van der Waals surface area contributed by atoms with Gasteiger partial charge in [-0.2, -0.15) is 11.8 Å². The van der Waals surface area contributed by atoms with Crippen LogP contribution in [0.15, 0.2) is 18.3 Å². The number of thioether (sulfide) groups is 1. The van der Waals surface area contributed by atoms with Gasteiger partial charge in [0.1, 0.15) is 5.69 Å². The van der Waals surface area contributed by atoms with Gasteiger partial charge in [-0.15, -0.1) is 0 Å². The first-order valence-corrected chi connectivity index (χ1v) is 7.94. The quantitative estimate of drug-likeness (QED) is 0.890. The van der Waals surface area contributed by atoms with Crippen molar-refractivity contribution in [1.29, 1.82) is 0 Å². The summed E-state index contributed by atoms with van der Waals surface area (Å²) in [4.78, 5) is 27.3. The van der Waals surface area contributed by atoms with E-state index in [1.54, 1.807) is 11.8 Å².